The molecule has 0 saturated carbocycles. The molecule has 26 heavy (non-hydrogen) atoms. The first-order valence-corrected chi connectivity index (χ1v) is 9.30. The molecule has 2 rings (SSSR count). The number of carbonyl (C=O) groups excluding carboxylic acids is 1. The van der Waals surface area contributed by atoms with Crippen LogP contribution in [-0.2, 0) is 14.3 Å². The van der Waals surface area contributed by atoms with Gasteiger partial charge in [-0.25, -0.2) is 0 Å². The topological polar surface area (TPSA) is 76.1 Å². The number of carboxylic acids is 1. The van der Waals surface area contributed by atoms with Gasteiger partial charge in [0.05, 0.1) is 12.5 Å². The molecular weight excluding hydrogens is 334 g/mol. The average Bonchev–Trinajstić information content (AvgIpc) is 3.18. The van der Waals surface area contributed by atoms with E-state index in [0.717, 1.165) is 18.6 Å². The van der Waals surface area contributed by atoms with Crippen LogP contribution in [0.15, 0.2) is 24.3 Å². The minimum absolute atomic E-state index is 0.129. The van der Waals surface area contributed by atoms with Crippen LogP contribution >= 0.6 is 0 Å². The average molecular weight is 363 g/mol. The number of carboxylic acid groups (broad SMARTS) is 1. The van der Waals surface area contributed by atoms with Gasteiger partial charge in [0.15, 0.2) is 0 Å². The zero-order chi connectivity index (χ0) is 18.9. The lowest BCUT2D eigenvalue weighted by Gasteiger charge is -2.25. The highest BCUT2D eigenvalue weighted by atomic mass is 16.5. The summed E-state index contributed by atoms with van der Waals surface area (Å²) in [6.45, 7) is 6.84. The fraction of sp³-hybridized carbons (Fsp3) is 0.600. The van der Waals surface area contributed by atoms with Crippen LogP contribution in [-0.4, -0.2) is 61.4 Å². The Morgan fingerprint density at radius 3 is 2.88 bits per heavy atom. The molecule has 1 aromatic carbocycles. The fourth-order valence-corrected chi connectivity index (χ4v) is 3.09. The van der Waals surface area contributed by atoms with Crippen LogP contribution in [0.2, 0.25) is 0 Å². The van der Waals surface area contributed by atoms with Crippen molar-refractivity contribution in [2.75, 3.05) is 39.5 Å². The largest absolute Gasteiger partial charge is 0.481 e. The van der Waals surface area contributed by atoms with Gasteiger partial charge in [-0.2, -0.15) is 0 Å². The van der Waals surface area contributed by atoms with Crippen molar-refractivity contribution < 1.29 is 24.2 Å². The van der Waals surface area contributed by atoms with E-state index in [1.165, 1.54) is 0 Å². The maximum atomic E-state index is 13.0. The molecule has 2 atom stereocenters. The first kappa shape index (κ1) is 20.4. The number of rotatable bonds is 10. The summed E-state index contributed by atoms with van der Waals surface area (Å²) in [4.78, 5) is 25.8. The standard InChI is InChI=1S/C20H29NO5/c1-3-25-10-5-9-21(13-15(2)20(23)24)19(22)17-7-4-6-16(12-17)18-8-11-26-14-18/h4,6-7,12,15,18H,3,5,8-11,13-14H2,1-2H3,(H,23,24). The molecular formula is C20H29NO5. The van der Waals surface area contributed by atoms with Gasteiger partial charge in [-0.3, -0.25) is 9.59 Å². The maximum Gasteiger partial charge on any atom is 0.308 e. The molecule has 144 valence electrons. The third-order valence-electron chi connectivity index (χ3n) is 4.66. The second-order valence-corrected chi connectivity index (χ2v) is 6.73. The zero-order valence-electron chi connectivity index (χ0n) is 15.6. The molecule has 1 heterocycles. The number of hydrogen-bond acceptors (Lipinski definition) is 4. The first-order chi connectivity index (χ1) is 12.5. The Kier molecular flexibility index (Phi) is 8.06. The predicted molar refractivity (Wildman–Crippen MR) is 98.4 cm³/mol. The van der Waals surface area contributed by atoms with Gasteiger partial charge >= 0.3 is 5.97 Å². The zero-order valence-corrected chi connectivity index (χ0v) is 15.6. The van der Waals surface area contributed by atoms with Gasteiger partial charge in [0, 0.05) is 44.4 Å². The minimum Gasteiger partial charge on any atom is -0.481 e. The lowest BCUT2D eigenvalue weighted by molar-refractivity contribution is -0.141. The molecule has 1 saturated heterocycles. The molecule has 0 bridgehead atoms. The van der Waals surface area contributed by atoms with E-state index >= 15 is 0 Å². The molecule has 0 aliphatic carbocycles. The Morgan fingerprint density at radius 1 is 1.42 bits per heavy atom. The molecule has 1 N–H and O–H groups in total. The maximum absolute atomic E-state index is 13.0. The number of carbonyl (C=O) groups is 2. The number of nitrogens with zero attached hydrogens (tertiary/aromatic N) is 1. The van der Waals surface area contributed by atoms with Crippen molar-refractivity contribution >= 4 is 11.9 Å². The van der Waals surface area contributed by atoms with E-state index in [0.29, 0.717) is 44.3 Å². The summed E-state index contributed by atoms with van der Waals surface area (Å²) in [6, 6.07) is 7.63. The van der Waals surface area contributed by atoms with Gasteiger partial charge in [0.1, 0.15) is 0 Å². The van der Waals surface area contributed by atoms with Gasteiger partial charge < -0.3 is 19.5 Å². The molecule has 0 aromatic heterocycles. The van der Waals surface area contributed by atoms with Crippen molar-refractivity contribution in [2.24, 2.45) is 5.92 Å². The van der Waals surface area contributed by atoms with E-state index < -0.39 is 11.9 Å². The summed E-state index contributed by atoms with van der Waals surface area (Å²) in [5.41, 5.74) is 1.71. The van der Waals surface area contributed by atoms with Crippen molar-refractivity contribution in [2.45, 2.75) is 32.6 Å². The number of aliphatic carboxylic acids is 1. The Morgan fingerprint density at radius 2 is 2.23 bits per heavy atom. The van der Waals surface area contributed by atoms with E-state index in [1.54, 1.807) is 17.9 Å². The molecule has 1 aromatic rings. The van der Waals surface area contributed by atoms with Crippen LogP contribution in [0.4, 0.5) is 0 Å². The summed E-state index contributed by atoms with van der Waals surface area (Å²) in [5.74, 6) is -1.32. The van der Waals surface area contributed by atoms with E-state index in [9.17, 15) is 14.7 Å². The summed E-state index contributed by atoms with van der Waals surface area (Å²) in [5, 5.41) is 9.20. The van der Waals surface area contributed by atoms with Crippen LogP contribution in [0.1, 0.15) is 48.5 Å². The summed E-state index contributed by atoms with van der Waals surface area (Å²) in [6.07, 6.45) is 1.65. The van der Waals surface area contributed by atoms with Crippen LogP contribution < -0.4 is 0 Å². The smallest absolute Gasteiger partial charge is 0.308 e. The monoisotopic (exact) mass is 363 g/mol. The highest BCUT2D eigenvalue weighted by Gasteiger charge is 2.23. The van der Waals surface area contributed by atoms with Crippen molar-refractivity contribution in [1.29, 1.82) is 0 Å². The number of amides is 1. The van der Waals surface area contributed by atoms with E-state index in [1.807, 2.05) is 25.1 Å². The van der Waals surface area contributed by atoms with Gasteiger partial charge in [-0.15, -0.1) is 0 Å². The summed E-state index contributed by atoms with van der Waals surface area (Å²) < 4.78 is 10.8. The first-order valence-electron chi connectivity index (χ1n) is 9.30. The molecule has 1 aliphatic heterocycles. The lowest BCUT2D eigenvalue weighted by Crippen LogP contribution is -2.38. The quantitative estimate of drug-likeness (QED) is 0.647. The number of hydrogen-bond donors (Lipinski definition) is 1. The van der Waals surface area contributed by atoms with Gasteiger partial charge in [-0.1, -0.05) is 19.1 Å². The highest BCUT2D eigenvalue weighted by molar-refractivity contribution is 5.94. The van der Waals surface area contributed by atoms with Crippen molar-refractivity contribution in [3.05, 3.63) is 35.4 Å². The molecule has 0 spiro atoms. The van der Waals surface area contributed by atoms with E-state index in [4.69, 9.17) is 9.47 Å². The molecule has 1 fully saturated rings. The number of benzene rings is 1. The molecule has 0 radical (unpaired) electrons. The van der Waals surface area contributed by atoms with Gasteiger partial charge in [0.2, 0.25) is 0 Å². The Bertz CT molecular complexity index is 598. The third kappa shape index (κ3) is 5.81. The Labute approximate surface area is 155 Å². The second kappa shape index (κ2) is 10.3. The molecule has 6 nitrogen and oxygen atoms in total. The minimum atomic E-state index is -0.899. The SMILES string of the molecule is CCOCCCN(CC(C)C(=O)O)C(=O)c1cccc(C2CCOC2)c1. The Balaban J connectivity index is 2.10. The van der Waals surface area contributed by atoms with Crippen LogP contribution in [0.25, 0.3) is 0 Å². The van der Waals surface area contributed by atoms with Crippen molar-refractivity contribution in [3.63, 3.8) is 0 Å². The van der Waals surface area contributed by atoms with Crippen LogP contribution in [0.3, 0.4) is 0 Å². The van der Waals surface area contributed by atoms with Gasteiger partial charge in [-0.05, 0) is 37.5 Å². The molecule has 1 aliphatic rings. The molecule has 2 unspecified atom stereocenters. The predicted octanol–water partition coefficient (Wildman–Crippen LogP) is 2.78. The van der Waals surface area contributed by atoms with Crippen LogP contribution in [0.5, 0.6) is 0 Å². The second-order valence-electron chi connectivity index (χ2n) is 6.73. The fourth-order valence-electron chi connectivity index (χ4n) is 3.09. The highest BCUT2D eigenvalue weighted by Crippen LogP contribution is 2.26. The third-order valence-corrected chi connectivity index (χ3v) is 4.66. The molecule has 6 heteroatoms. The van der Waals surface area contributed by atoms with Crippen molar-refractivity contribution in [1.82, 2.24) is 4.90 Å². The Hall–Kier alpha value is -1.92. The number of ether oxygens (including phenoxy) is 2. The van der Waals surface area contributed by atoms with Crippen LogP contribution in [0, 0.1) is 5.92 Å². The summed E-state index contributed by atoms with van der Waals surface area (Å²) >= 11 is 0. The van der Waals surface area contributed by atoms with Crippen molar-refractivity contribution in [3.8, 4) is 0 Å². The van der Waals surface area contributed by atoms with E-state index in [-0.39, 0.29) is 12.5 Å². The molecule has 1 amide bonds. The van der Waals surface area contributed by atoms with Gasteiger partial charge in [0.25, 0.3) is 5.91 Å². The normalized spacial score (nSPS) is 17.8. The summed E-state index contributed by atoms with van der Waals surface area (Å²) in [7, 11) is 0. The lowest BCUT2D eigenvalue weighted by atomic mass is 9.96. The van der Waals surface area contributed by atoms with E-state index in [2.05, 4.69) is 0 Å².